The molecule has 1 aromatic rings. The molecule has 1 unspecified atom stereocenters. The number of guanidine groups is 1. The highest BCUT2D eigenvalue weighted by atomic mass is 127. The lowest BCUT2D eigenvalue weighted by Gasteiger charge is -2.16. The molecule has 1 aromatic heterocycles. The van der Waals surface area contributed by atoms with Crippen molar-refractivity contribution in [3.05, 3.63) is 23.7 Å². The Balaban J connectivity index is 0.00000529. The van der Waals surface area contributed by atoms with E-state index in [-0.39, 0.29) is 42.4 Å². The smallest absolute Gasteiger partial charge is 0.191 e. The average Bonchev–Trinajstić information content (AvgIpc) is 2.88. The number of aryl methyl sites for hydroxylation is 1. The highest BCUT2D eigenvalue weighted by Gasteiger charge is 2.11. The molecule has 0 spiro atoms. The number of furan rings is 1. The molecular weight excluding hydrogens is 445 g/mol. The standard InChI is InChI=1S/C15H27N3O4S.HI/c1-5-16-15(17-8-9-21-10-11-23(4,19)20)18-13(3)14-7-6-12(2)22-14;/h6-7,13H,5,8-11H2,1-4H3,(H2,16,17,18);1H. The maximum atomic E-state index is 11.0. The van der Waals surface area contributed by atoms with Gasteiger partial charge in [-0.3, -0.25) is 4.99 Å². The Bertz CT molecular complexity index is 602. The van der Waals surface area contributed by atoms with Gasteiger partial charge in [0, 0.05) is 12.8 Å². The molecule has 0 amide bonds. The van der Waals surface area contributed by atoms with Crippen LogP contribution in [0.1, 0.15) is 31.4 Å². The van der Waals surface area contributed by atoms with Gasteiger partial charge in [-0.15, -0.1) is 24.0 Å². The van der Waals surface area contributed by atoms with E-state index in [1.54, 1.807) is 0 Å². The molecule has 2 N–H and O–H groups in total. The quantitative estimate of drug-likeness (QED) is 0.246. The Morgan fingerprint density at radius 2 is 2.08 bits per heavy atom. The number of nitrogens with one attached hydrogen (secondary N) is 2. The molecule has 0 radical (unpaired) electrons. The van der Waals surface area contributed by atoms with Gasteiger partial charge in [0.25, 0.3) is 0 Å². The molecule has 0 aromatic carbocycles. The highest BCUT2D eigenvalue weighted by Crippen LogP contribution is 2.15. The summed E-state index contributed by atoms with van der Waals surface area (Å²) < 4.78 is 32.8. The first-order valence-electron chi connectivity index (χ1n) is 7.68. The summed E-state index contributed by atoms with van der Waals surface area (Å²) in [7, 11) is -2.98. The van der Waals surface area contributed by atoms with Crippen molar-refractivity contribution in [1.29, 1.82) is 0 Å². The molecule has 7 nitrogen and oxygen atoms in total. The Morgan fingerprint density at radius 3 is 2.62 bits per heavy atom. The topological polar surface area (TPSA) is 92.9 Å². The second-order valence-electron chi connectivity index (χ2n) is 5.32. The van der Waals surface area contributed by atoms with E-state index in [9.17, 15) is 8.42 Å². The van der Waals surface area contributed by atoms with Gasteiger partial charge in [0.05, 0.1) is 31.6 Å². The van der Waals surface area contributed by atoms with E-state index >= 15 is 0 Å². The predicted octanol–water partition coefficient (Wildman–Crippen LogP) is 1.88. The van der Waals surface area contributed by atoms with E-state index in [1.165, 1.54) is 6.26 Å². The molecular formula is C15H28IN3O4S. The van der Waals surface area contributed by atoms with Gasteiger partial charge >= 0.3 is 0 Å². The van der Waals surface area contributed by atoms with Crippen LogP contribution in [0.3, 0.4) is 0 Å². The second kappa shape index (κ2) is 11.7. The molecule has 1 rings (SSSR count). The molecule has 0 saturated heterocycles. The lowest BCUT2D eigenvalue weighted by atomic mass is 10.2. The second-order valence-corrected chi connectivity index (χ2v) is 7.58. The first-order chi connectivity index (χ1) is 10.8. The van der Waals surface area contributed by atoms with Crippen molar-refractivity contribution in [2.75, 3.05) is 38.3 Å². The van der Waals surface area contributed by atoms with Gasteiger partial charge in [-0.25, -0.2) is 8.42 Å². The number of rotatable bonds is 9. The van der Waals surface area contributed by atoms with Gasteiger partial charge in [0.2, 0.25) is 0 Å². The first kappa shape index (κ1) is 23.2. The van der Waals surface area contributed by atoms with Crippen molar-refractivity contribution >= 4 is 39.8 Å². The minimum absolute atomic E-state index is 0. The van der Waals surface area contributed by atoms with Gasteiger partial charge in [-0.1, -0.05) is 0 Å². The SMILES string of the molecule is CCNC(=NCCOCCS(C)(=O)=O)NC(C)c1ccc(C)o1.I. The fraction of sp³-hybridized carbons (Fsp3) is 0.667. The summed E-state index contributed by atoms with van der Waals surface area (Å²) in [5, 5.41) is 6.41. The maximum absolute atomic E-state index is 11.0. The zero-order valence-corrected chi connectivity index (χ0v) is 17.8. The van der Waals surface area contributed by atoms with Crippen LogP contribution in [0.4, 0.5) is 0 Å². The molecule has 0 fully saturated rings. The van der Waals surface area contributed by atoms with Crippen LogP contribution in [0, 0.1) is 6.92 Å². The Labute approximate surface area is 161 Å². The molecule has 140 valence electrons. The van der Waals surface area contributed by atoms with E-state index in [2.05, 4.69) is 15.6 Å². The van der Waals surface area contributed by atoms with Crippen molar-refractivity contribution in [2.24, 2.45) is 4.99 Å². The van der Waals surface area contributed by atoms with Crippen LogP contribution >= 0.6 is 24.0 Å². The summed E-state index contributed by atoms with van der Waals surface area (Å²) in [4.78, 5) is 4.40. The third-order valence-corrected chi connectivity index (χ3v) is 3.90. The van der Waals surface area contributed by atoms with Crippen LogP contribution in [0.15, 0.2) is 21.5 Å². The Morgan fingerprint density at radius 1 is 1.38 bits per heavy atom. The molecule has 9 heteroatoms. The molecule has 0 bridgehead atoms. The largest absolute Gasteiger partial charge is 0.464 e. The molecule has 0 aliphatic heterocycles. The first-order valence-corrected chi connectivity index (χ1v) is 9.74. The monoisotopic (exact) mass is 473 g/mol. The van der Waals surface area contributed by atoms with Crippen molar-refractivity contribution < 1.29 is 17.6 Å². The normalized spacial score (nSPS) is 13.2. The number of halogens is 1. The number of sulfone groups is 1. The molecule has 0 aliphatic rings. The van der Waals surface area contributed by atoms with Gasteiger partial charge in [-0.05, 0) is 32.9 Å². The lowest BCUT2D eigenvalue weighted by molar-refractivity contribution is 0.157. The molecule has 1 atom stereocenters. The minimum Gasteiger partial charge on any atom is -0.464 e. The van der Waals surface area contributed by atoms with Crippen LogP contribution < -0.4 is 10.6 Å². The summed E-state index contributed by atoms with van der Waals surface area (Å²) in [6.07, 6.45) is 1.19. The van der Waals surface area contributed by atoms with Crippen molar-refractivity contribution in [3.8, 4) is 0 Å². The predicted molar refractivity (Wildman–Crippen MR) is 107 cm³/mol. The Hall–Kier alpha value is -0.810. The maximum Gasteiger partial charge on any atom is 0.191 e. The number of aliphatic imine (C=N–C) groups is 1. The number of hydrogen-bond acceptors (Lipinski definition) is 5. The Kier molecular flexibility index (Phi) is 11.3. The fourth-order valence-corrected chi connectivity index (χ4v) is 2.24. The lowest BCUT2D eigenvalue weighted by Crippen LogP contribution is -2.38. The van der Waals surface area contributed by atoms with Gasteiger partial charge < -0.3 is 19.8 Å². The van der Waals surface area contributed by atoms with E-state index < -0.39 is 9.84 Å². The molecule has 24 heavy (non-hydrogen) atoms. The summed E-state index contributed by atoms with van der Waals surface area (Å²) in [6.45, 7) is 7.65. The van der Waals surface area contributed by atoms with Crippen LogP contribution in [0.5, 0.6) is 0 Å². The third kappa shape index (κ3) is 10.1. The molecule has 1 heterocycles. The van der Waals surface area contributed by atoms with Crippen LogP contribution in [-0.2, 0) is 14.6 Å². The van der Waals surface area contributed by atoms with Crippen molar-refractivity contribution in [1.82, 2.24) is 10.6 Å². The summed E-state index contributed by atoms with van der Waals surface area (Å²) in [5.74, 6) is 2.41. The van der Waals surface area contributed by atoms with Gasteiger partial charge in [-0.2, -0.15) is 0 Å². The van der Waals surface area contributed by atoms with Crippen molar-refractivity contribution in [2.45, 2.75) is 26.8 Å². The van der Waals surface area contributed by atoms with E-state index in [0.29, 0.717) is 19.1 Å². The highest BCUT2D eigenvalue weighted by molar-refractivity contribution is 14.0. The molecule has 0 saturated carbocycles. The van der Waals surface area contributed by atoms with Gasteiger partial charge in [0.1, 0.15) is 21.4 Å². The zero-order chi connectivity index (χ0) is 17.3. The van der Waals surface area contributed by atoms with Gasteiger partial charge in [0.15, 0.2) is 5.96 Å². The van der Waals surface area contributed by atoms with E-state index in [4.69, 9.17) is 9.15 Å². The zero-order valence-electron chi connectivity index (χ0n) is 14.7. The summed E-state index contributed by atoms with van der Waals surface area (Å²) in [6, 6.07) is 3.85. The minimum atomic E-state index is -2.98. The van der Waals surface area contributed by atoms with E-state index in [1.807, 2.05) is 32.9 Å². The third-order valence-electron chi connectivity index (χ3n) is 2.99. The summed E-state index contributed by atoms with van der Waals surface area (Å²) >= 11 is 0. The number of nitrogens with zero attached hydrogens (tertiary/aromatic N) is 1. The fourth-order valence-electron chi connectivity index (χ4n) is 1.82. The average molecular weight is 473 g/mol. The summed E-state index contributed by atoms with van der Waals surface area (Å²) in [5.41, 5.74) is 0. The molecule has 0 aliphatic carbocycles. The number of ether oxygens (including phenoxy) is 1. The van der Waals surface area contributed by atoms with Crippen LogP contribution in [0.2, 0.25) is 0 Å². The van der Waals surface area contributed by atoms with Crippen LogP contribution in [-0.4, -0.2) is 52.7 Å². The van der Waals surface area contributed by atoms with E-state index in [0.717, 1.165) is 18.1 Å². The number of hydrogen-bond donors (Lipinski definition) is 2. The van der Waals surface area contributed by atoms with Crippen molar-refractivity contribution in [3.63, 3.8) is 0 Å². The van der Waals surface area contributed by atoms with Crippen LogP contribution in [0.25, 0.3) is 0 Å².